The van der Waals surface area contributed by atoms with Gasteiger partial charge >= 0.3 is 6.09 Å². The van der Waals surface area contributed by atoms with E-state index in [1.54, 1.807) is 16.7 Å². The second-order valence-corrected chi connectivity index (χ2v) is 9.33. The fourth-order valence-corrected chi connectivity index (χ4v) is 4.61. The molecule has 2 aliphatic rings. The molecule has 0 bridgehead atoms. The molecular formula is C22H27N3O4S2. The van der Waals surface area contributed by atoms with E-state index in [9.17, 15) is 14.4 Å². The van der Waals surface area contributed by atoms with E-state index in [0.29, 0.717) is 47.9 Å². The Bertz CT molecular complexity index is 891. The SMILES string of the molecule is CCOC(=O)N1CCN(C(=O)CN2C(=O)/C(=C/c3ccc(C(C)C)cc3)SC2=S)CC1. The summed E-state index contributed by atoms with van der Waals surface area (Å²) >= 11 is 6.57. The monoisotopic (exact) mass is 461 g/mol. The molecule has 0 atom stereocenters. The predicted octanol–water partition coefficient (Wildman–Crippen LogP) is 3.31. The quantitative estimate of drug-likeness (QED) is 0.495. The number of rotatable bonds is 5. The van der Waals surface area contributed by atoms with Gasteiger partial charge in [-0.15, -0.1) is 0 Å². The summed E-state index contributed by atoms with van der Waals surface area (Å²) in [4.78, 5) is 42.5. The number of benzene rings is 1. The Kier molecular flexibility index (Phi) is 7.72. The number of nitrogens with zero attached hydrogens (tertiary/aromatic N) is 3. The molecule has 0 aliphatic carbocycles. The third kappa shape index (κ3) is 5.65. The second kappa shape index (κ2) is 10.3. The van der Waals surface area contributed by atoms with Gasteiger partial charge in [0.1, 0.15) is 10.9 Å². The van der Waals surface area contributed by atoms with Crippen LogP contribution in [0.5, 0.6) is 0 Å². The highest BCUT2D eigenvalue weighted by molar-refractivity contribution is 8.26. The van der Waals surface area contributed by atoms with Crippen LogP contribution in [0.2, 0.25) is 0 Å². The van der Waals surface area contributed by atoms with E-state index < -0.39 is 0 Å². The lowest BCUT2D eigenvalue weighted by atomic mass is 10.0. The van der Waals surface area contributed by atoms with Crippen LogP contribution in [0, 0.1) is 0 Å². The van der Waals surface area contributed by atoms with Gasteiger partial charge in [0.2, 0.25) is 5.91 Å². The van der Waals surface area contributed by atoms with Crippen LogP contribution in [-0.4, -0.2) is 76.3 Å². The van der Waals surface area contributed by atoms with E-state index in [1.807, 2.05) is 18.2 Å². The molecule has 0 N–H and O–H groups in total. The van der Waals surface area contributed by atoms with Gasteiger partial charge in [0.15, 0.2) is 0 Å². The molecule has 0 unspecified atom stereocenters. The Morgan fingerprint density at radius 3 is 2.32 bits per heavy atom. The van der Waals surface area contributed by atoms with Crippen LogP contribution in [-0.2, 0) is 14.3 Å². The first-order valence-electron chi connectivity index (χ1n) is 10.3. The maximum atomic E-state index is 12.8. The Labute approximate surface area is 192 Å². The van der Waals surface area contributed by atoms with Gasteiger partial charge in [-0.2, -0.15) is 0 Å². The van der Waals surface area contributed by atoms with Crippen LogP contribution in [0.25, 0.3) is 6.08 Å². The minimum absolute atomic E-state index is 0.0896. The molecule has 0 spiro atoms. The molecule has 31 heavy (non-hydrogen) atoms. The van der Waals surface area contributed by atoms with Gasteiger partial charge in [0.05, 0.1) is 11.5 Å². The molecule has 1 aromatic rings. The summed E-state index contributed by atoms with van der Waals surface area (Å²) in [6.45, 7) is 7.89. The Morgan fingerprint density at radius 1 is 1.13 bits per heavy atom. The molecule has 2 fully saturated rings. The molecule has 1 aromatic carbocycles. The summed E-state index contributed by atoms with van der Waals surface area (Å²) in [6.07, 6.45) is 1.45. The first kappa shape index (κ1) is 23.3. The van der Waals surface area contributed by atoms with Crippen LogP contribution >= 0.6 is 24.0 Å². The van der Waals surface area contributed by atoms with Gasteiger partial charge in [0, 0.05) is 26.2 Å². The van der Waals surface area contributed by atoms with Crippen molar-refractivity contribution in [3.05, 3.63) is 40.3 Å². The van der Waals surface area contributed by atoms with Crippen LogP contribution in [0.1, 0.15) is 37.8 Å². The number of thioether (sulfide) groups is 1. The average Bonchev–Trinajstić information content (AvgIpc) is 3.01. The molecule has 9 heteroatoms. The number of carbonyl (C=O) groups is 3. The number of hydrogen-bond donors (Lipinski definition) is 0. The van der Waals surface area contributed by atoms with Crippen LogP contribution in [0.4, 0.5) is 4.79 Å². The van der Waals surface area contributed by atoms with Crippen molar-refractivity contribution in [1.29, 1.82) is 0 Å². The first-order valence-corrected chi connectivity index (χ1v) is 11.6. The number of thiocarbonyl (C=S) groups is 1. The predicted molar refractivity (Wildman–Crippen MR) is 126 cm³/mol. The van der Waals surface area contributed by atoms with Crippen molar-refractivity contribution in [2.45, 2.75) is 26.7 Å². The molecule has 166 valence electrons. The van der Waals surface area contributed by atoms with E-state index in [0.717, 1.165) is 5.56 Å². The van der Waals surface area contributed by atoms with Crippen molar-refractivity contribution in [3.8, 4) is 0 Å². The number of piperazine rings is 1. The van der Waals surface area contributed by atoms with Gasteiger partial charge < -0.3 is 14.5 Å². The molecule has 7 nitrogen and oxygen atoms in total. The molecule has 0 radical (unpaired) electrons. The zero-order valence-electron chi connectivity index (χ0n) is 18.0. The number of hydrogen-bond acceptors (Lipinski definition) is 6. The third-order valence-corrected chi connectivity index (χ3v) is 6.60. The minimum Gasteiger partial charge on any atom is -0.450 e. The fourth-order valence-electron chi connectivity index (χ4n) is 3.35. The van der Waals surface area contributed by atoms with Gasteiger partial charge in [-0.05, 0) is 30.0 Å². The smallest absolute Gasteiger partial charge is 0.409 e. The van der Waals surface area contributed by atoms with Crippen molar-refractivity contribution >= 4 is 52.3 Å². The average molecular weight is 462 g/mol. The van der Waals surface area contributed by atoms with E-state index in [1.165, 1.54) is 22.2 Å². The van der Waals surface area contributed by atoms with Gasteiger partial charge in [0.25, 0.3) is 5.91 Å². The topological polar surface area (TPSA) is 70.2 Å². The highest BCUT2D eigenvalue weighted by Gasteiger charge is 2.35. The van der Waals surface area contributed by atoms with Crippen molar-refractivity contribution in [1.82, 2.24) is 14.7 Å². The Hall–Kier alpha value is -2.39. The standard InChI is InChI=1S/C22H27N3O4S2/c1-4-29-21(28)24-11-9-23(10-12-24)19(26)14-25-20(27)18(31-22(25)30)13-16-5-7-17(8-6-16)15(2)3/h5-8,13,15H,4,9-12,14H2,1-3H3/b18-13-. The minimum atomic E-state index is -0.363. The number of amides is 3. The first-order chi connectivity index (χ1) is 14.8. The largest absolute Gasteiger partial charge is 0.450 e. The van der Waals surface area contributed by atoms with E-state index in [2.05, 4.69) is 26.0 Å². The zero-order valence-corrected chi connectivity index (χ0v) is 19.6. The van der Waals surface area contributed by atoms with Crippen LogP contribution in [0.3, 0.4) is 0 Å². The zero-order chi connectivity index (χ0) is 22.5. The maximum Gasteiger partial charge on any atom is 0.409 e. The summed E-state index contributed by atoms with van der Waals surface area (Å²) in [5.74, 6) is 0.0150. The summed E-state index contributed by atoms with van der Waals surface area (Å²) in [6, 6.07) is 8.07. The fraction of sp³-hybridized carbons (Fsp3) is 0.455. The van der Waals surface area contributed by atoms with Crippen LogP contribution < -0.4 is 0 Å². The second-order valence-electron chi connectivity index (χ2n) is 7.66. The lowest BCUT2D eigenvalue weighted by Crippen LogP contribution is -2.53. The van der Waals surface area contributed by atoms with Crippen molar-refractivity contribution in [2.75, 3.05) is 39.3 Å². The number of ether oxygens (including phenoxy) is 1. The normalized spacial score (nSPS) is 18.3. The summed E-state index contributed by atoms with van der Waals surface area (Å²) in [5.41, 5.74) is 2.16. The maximum absolute atomic E-state index is 12.8. The highest BCUT2D eigenvalue weighted by atomic mass is 32.2. The molecule has 2 aliphatic heterocycles. The lowest BCUT2D eigenvalue weighted by Gasteiger charge is -2.34. The van der Waals surface area contributed by atoms with Gasteiger partial charge in [-0.1, -0.05) is 62.1 Å². The molecule has 3 amide bonds. The van der Waals surface area contributed by atoms with E-state index in [-0.39, 0.29) is 24.5 Å². The molecule has 2 saturated heterocycles. The lowest BCUT2D eigenvalue weighted by molar-refractivity contribution is -0.136. The summed E-state index contributed by atoms with van der Waals surface area (Å²) in [7, 11) is 0. The van der Waals surface area contributed by atoms with Gasteiger partial charge in [-0.25, -0.2) is 4.79 Å². The Balaban J connectivity index is 1.59. The van der Waals surface area contributed by atoms with Gasteiger partial charge in [-0.3, -0.25) is 14.5 Å². The third-order valence-electron chi connectivity index (χ3n) is 5.23. The van der Waals surface area contributed by atoms with Crippen molar-refractivity contribution in [2.24, 2.45) is 0 Å². The highest BCUT2D eigenvalue weighted by Crippen LogP contribution is 2.32. The summed E-state index contributed by atoms with van der Waals surface area (Å²) < 4.78 is 5.38. The van der Waals surface area contributed by atoms with E-state index in [4.69, 9.17) is 17.0 Å². The van der Waals surface area contributed by atoms with Crippen LogP contribution in [0.15, 0.2) is 29.2 Å². The van der Waals surface area contributed by atoms with E-state index >= 15 is 0 Å². The molecule has 0 saturated carbocycles. The van der Waals surface area contributed by atoms with Crippen molar-refractivity contribution < 1.29 is 19.1 Å². The molecule has 2 heterocycles. The Morgan fingerprint density at radius 2 is 1.74 bits per heavy atom. The summed E-state index contributed by atoms with van der Waals surface area (Å²) in [5, 5.41) is 0. The van der Waals surface area contributed by atoms with Crippen molar-refractivity contribution in [3.63, 3.8) is 0 Å². The molecular weight excluding hydrogens is 434 g/mol. The number of carbonyl (C=O) groups excluding carboxylic acids is 3. The molecule has 0 aromatic heterocycles. The molecule has 3 rings (SSSR count).